The van der Waals surface area contributed by atoms with E-state index in [-0.39, 0.29) is 5.91 Å². The van der Waals surface area contributed by atoms with Gasteiger partial charge in [0, 0.05) is 24.3 Å². The van der Waals surface area contributed by atoms with E-state index in [1.165, 1.54) is 12.8 Å². The first-order chi connectivity index (χ1) is 9.83. The third kappa shape index (κ3) is 1.75. The molecule has 1 saturated carbocycles. The summed E-state index contributed by atoms with van der Waals surface area (Å²) in [4.78, 5) is 19.2. The van der Waals surface area contributed by atoms with Crippen molar-refractivity contribution in [2.75, 3.05) is 6.54 Å². The zero-order valence-corrected chi connectivity index (χ0v) is 11.2. The Bertz CT molecular complexity index is 636. The van der Waals surface area contributed by atoms with Crippen molar-refractivity contribution in [3.8, 4) is 11.3 Å². The van der Waals surface area contributed by atoms with Crippen molar-refractivity contribution >= 4 is 5.91 Å². The zero-order valence-electron chi connectivity index (χ0n) is 11.2. The van der Waals surface area contributed by atoms with Crippen LogP contribution in [0.1, 0.15) is 29.6 Å². The number of fused-ring (bicyclic) bond motifs is 2. The van der Waals surface area contributed by atoms with Gasteiger partial charge in [0.1, 0.15) is 0 Å². The highest BCUT2D eigenvalue weighted by atomic mass is 16.3. The van der Waals surface area contributed by atoms with Gasteiger partial charge in [0.2, 0.25) is 0 Å². The lowest BCUT2D eigenvalue weighted by atomic mass is 10.1. The Labute approximate surface area is 117 Å². The summed E-state index contributed by atoms with van der Waals surface area (Å²) < 4.78 is 5.11. The minimum absolute atomic E-state index is 0.113. The van der Waals surface area contributed by atoms with E-state index in [0.717, 1.165) is 18.5 Å². The Balaban J connectivity index is 1.70. The van der Waals surface area contributed by atoms with Crippen LogP contribution in [0.15, 0.2) is 41.3 Å². The molecule has 1 aliphatic heterocycles. The molecule has 4 rings (SSSR count). The second-order valence-corrected chi connectivity index (χ2v) is 5.70. The molecule has 1 saturated heterocycles. The molecule has 102 valence electrons. The molecule has 0 unspecified atom stereocenters. The number of hydrogen-bond acceptors (Lipinski definition) is 3. The minimum atomic E-state index is 0.113. The van der Waals surface area contributed by atoms with Gasteiger partial charge in [-0.1, -0.05) is 0 Å². The van der Waals surface area contributed by atoms with Crippen LogP contribution in [0, 0.1) is 5.92 Å². The van der Waals surface area contributed by atoms with E-state index in [1.807, 2.05) is 23.1 Å². The number of nitrogens with zero attached hydrogens (tertiary/aromatic N) is 2. The first-order valence-corrected chi connectivity index (χ1v) is 7.11. The van der Waals surface area contributed by atoms with E-state index in [0.29, 0.717) is 23.2 Å². The van der Waals surface area contributed by atoms with Gasteiger partial charge in [-0.15, -0.1) is 0 Å². The molecule has 2 fully saturated rings. The number of pyridine rings is 1. The van der Waals surface area contributed by atoms with Gasteiger partial charge >= 0.3 is 0 Å². The predicted octanol–water partition coefficient (Wildman–Crippen LogP) is 2.97. The minimum Gasteiger partial charge on any atom is -0.472 e. The highest BCUT2D eigenvalue weighted by Gasteiger charge is 2.40. The van der Waals surface area contributed by atoms with Gasteiger partial charge in [0.05, 0.1) is 23.8 Å². The van der Waals surface area contributed by atoms with Gasteiger partial charge in [0.25, 0.3) is 5.91 Å². The third-order valence-corrected chi connectivity index (χ3v) is 4.50. The van der Waals surface area contributed by atoms with Crippen LogP contribution in [0.4, 0.5) is 0 Å². The molecule has 0 spiro atoms. The maximum atomic E-state index is 12.8. The van der Waals surface area contributed by atoms with E-state index < -0.39 is 0 Å². The van der Waals surface area contributed by atoms with E-state index in [2.05, 4.69) is 4.98 Å². The van der Waals surface area contributed by atoms with Crippen molar-refractivity contribution < 1.29 is 9.21 Å². The average molecular weight is 268 g/mol. The number of amides is 1. The standard InChI is InChI=1S/C16H16N2O2/c19-16(18-9-11-3-4-13(18)8-11)14-2-1-6-17-15(14)12-5-7-20-10-12/h1-2,5-7,10-11,13H,3-4,8-9H2/t11-,13+/m1/s1. The van der Waals surface area contributed by atoms with Crippen molar-refractivity contribution in [1.82, 2.24) is 9.88 Å². The van der Waals surface area contributed by atoms with Crippen molar-refractivity contribution in [1.29, 1.82) is 0 Å². The summed E-state index contributed by atoms with van der Waals surface area (Å²) in [5.74, 6) is 0.819. The number of carbonyl (C=O) groups excluding carboxylic acids is 1. The fourth-order valence-corrected chi connectivity index (χ4v) is 3.54. The number of carbonyl (C=O) groups is 1. The van der Waals surface area contributed by atoms with Gasteiger partial charge in [-0.25, -0.2) is 0 Å². The van der Waals surface area contributed by atoms with Crippen molar-refractivity contribution in [3.63, 3.8) is 0 Å². The largest absolute Gasteiger partial charge is 0.472 e. The Kier molecular flexibility index (Phi) is 2.62. The van der Waals surface area contributed by atoms with E-state index >= 15 is 0 Å². The molecule has 2 aromatic rings. The Hall–Kier alpha value is -2.10. The Morgan fingerprint density at radius 1 is 1.35 bits per heavy atom. The molecule has 2 bridgehead atoms. The van der Waals surface area contributed by atoms with Crippen LogP contribution in [0.2, 0.25) is 0 Å². The normalized spacial score (nSPS) is 24.3. The monoisotopic (exact) mass is 268 g/mol. The van der Waals surface area contributed by atoms with E-state index in [9.17, 15) is 4.79 Å². The maximum absolute atomic E-state index is 12.8. The topological polar surface area (TPSA) is 46.3 Å². The third-order valence-electron chi connectivity index (χ3n) is 4.50. The Morgan fingerprint density at radius 3 is 3.00 bits per heavy atom. The quantitative estimate of drug-likeness (QED) is 0.841. The second-order valence-electron chi connectivity index (χ2n) is 5.70. The molecule has 0 radical (unpaired) electrons. The lowest BCUT2D eigenvalue weighted by molar-refractivity contribution is 0.0704. The van der Waals surface area contributed by atoms with Crippen LogP contribution in [-0.4, -0.2) is 28.4 Å². The molecule has 2 aromatic heterocycles. The summed E-state index contributed by atoms with van der Waals surface area (Å²) in [6.45, 7) is 0.906. The molecule has 0 aromatic carbocycles. The predicted molar refractivity (Wildman–Crippen MR) is 74.1 cm³/mol. The molecule has 2 aliphatic rings. The van der Waals surface area contributed by atoms with Gasteiger partial charge in [-0.3, -0.25) is 9.78 Å². The van der Waals surface area contributed by atoms with Crippen molar-refractivity contribution in [2.45, 2.75) is 25.3 Å². The Morgan fingerprint density at radius 2 is 2.30 bits per heavy atom. The average Bonchev–Trinajstić information content (AvgIpc) is 3.23. The lowest BCUT2D eigenvalue weighted by Crippen LogP contribution is -2.37. The fourth-order valence-electron chi connectivity index (χ4n) is 3.54. The fraction of sp³-hybridized carbons (Fsp3) is 0.375. The second kappa shape index (κ2) is 4.47. The highest BCUT2D eigenvalue weighted by molar-refractivity contribution is 6.00. The van der Waals surface area contributed by atoms with Crippen LogP contribution >= 0.6 is 0 Å². The SMILES string of the molecule is O=C(c1cccnc1-c1ccoc1)N1C[C@@H]2CC[C@H]1C2. The van der Waals surface area contributed by atoms with Crippen LogP contribution in [-0.2, 0) is 0 Å². The molecule has 3 heterocycles. The van der Waals surface area contributed by atoms with Crippen molar-refractivity contribution in [3.05, 3.63) is 42.5 Å². The molecule has 0 N–H and O–H groups in total. The molecule has 4 heteroatoms. The van der Waals surface area contributed by atoms with Gasteiger partial charge in [0.15, 0.2) is 0 Å². The summed E-state index contributed by atoms with van der Waals surface area (Å²) in [6.07, 6.45) is 8.56. The van der Waals surface area contributed by atoms with Crippen molar-refractivity contribution in [2.24, 2.45) is 5.92 Å². The molecule has 1 aliphatic carbocycles. The number of furan rings is 1. The molecule has 4 nitrogen and oxygen atoms in total. The number of rotatable bonds is 2. The molecular weight excluding hydrogens is 252 g/mol. The molecule has 2 atom stereocenters. The summed E-state index contributed by atoms with van der Waals surface area (Å²) >= 11 is 0. The molecule has 1 amide bonds. The molecule has 20 heavy (non-hydrogen) atoms. The van der Waals surface area contributed by atoms with Gasteiger partial charge < -0.3 is 9.32 Å². The van der Waals surface area contributed by atoms with Gasteiger partial charge in [-0.05, 0) is 43.4 Å². The smallest absolute Gasteiger partial charge is 0.256 e. The van der Waals surface area contributed by atoms with E-state index in [4.69, 9.17) is 4.42 Å². The van der Waals surface area contributed by atoms with Gasteiger partial charge in [-0.2, -0.15) is 0 Å². The maximum Gasteiger partial charge on any atom is 0.256 e. The number of likely N-dealkylation sites (tertiary alicyclic amines) is 1. The van der Waals surface area contributed by atoms with Crippen LogP contribution < -0.4 is 0 Å². The summed E-state index contributed by atoms with van der Waals surface area (Å²) in [5.41, 5.74) is 2.26. The lowest BCUT2D eigenvalue weighted by Gasteiger charge is -2.27. The summed E-state index contributed by atoms with van der Waals surface area (Å²) in [5, 5.41) is 0. The van der Waals surface area contributed by atoms with Crippen LogP contribution in [0.3, 0.4) is 0 Å². The number of aromatic nitrogens is 1. The first-order valence-electron chi connectivity index (χ1n) is 7.11. The van der Waals surface area contributed by atoms with E-state index in [1.54, 1.807) is 18.7 Å². The zero-order chi connectivity index (χ0) is 13.5. The molecular formula is C16H16N2O2. The number of hydrogen-bond donors (Lipinski definition) is 0. The summed E-state index contributed by atoms with van der Waals surface area (Å²) in [6, 6.07) is 5.97. The van der Waals surface area contributed by atoms with Crippen LogP contribution in [0.25, 0.3) is 11.3 Å². The van der Waals surface area contributed by atoms with Crippen LogP contribution in [0.5, 0.6) is 0 Å². The number of piperidine rings is 1. The highest BCUT2D eigenvalue weighted by Crippen LogP contribution is 2.38. The summed E-state index contributed by atoms with van der Waals surface area (Å²) in [7, 11) is 0. The first kappa shape index (κ1) is 11.7.